The van der Waals surface area contributed by atoms with Gasteiger partial charge in [-0.05, 0) is 32.7 Å². The monoisotopic (exact) mass is 277 g/mol. The van der Waals surface area contributed by atoms with E-state index in [-0.39, 0.29) is 11.5 Å². The first-order valence-electron chi connectivity index (χ1n) is 6.45. The number of carbonyl (C=O) groups is 1. The molecule has 1 unspecified atom stereocenters. The molecule has 1 aliphatic rings. The summed E-state index contributed by atoms with van der Waals surface area (Å²) in [6, 6.07) is 0. The van der Waals surface area contributed by atoms with Gasteiger partial charge < -0.3 is 10.0 Å². The van der Waals surface area contributed by atoms with Crippen LogP contribution in [0.15, 0.2) is 0 Å². The quantitative estimate of drug-likeness (QED) is 0.784. The SMILES string of the molecule is CCCS(=O)(=O)CCN1CCCC(C)(C(=O)O)C1. The number of sulfone groups is 1. The number of rotatable bonds is 6. The lowest BCUT2D eigenvalue weighted by Crippen LogP contribution is -2.47. The topological polar surface area (TPSA) is 74.7 Å². The fourth-order valence-corrected chi connectivity index (χ4v) is 3.75. The molecule has 0 aromatic carbocycles. The normalized spacial score (nSPS) is 26.1. The van der Waals surface area contributed by atoms with Crippen molar-refractivity contribution < 1.29 is 18.3 Å². The number of nitrogens with zero attached hydrogens (tertiary/aromatic N) is 1. The molecule has 0 bridgehead atoms. The van der Waals surface area contributed by atoms with Crippen molar-refractivity contribution >= 4 is 15.8 Å². The molecule has 0 amide bonds. The standard InChI is InChI=1S/C12H23NO4S/c1-3-8-18(16,17)9-7-13-6-4-5-12(2,10-13)11(14)15/h3-10H2,1-2H3,(H,14,15). The first kappa shape index (κ1) is 15.4. The van der Waals surface area contributed by atoms with Gasteiger partial charge in [0.2, 0.25) is 0 Å². The van der Waals surface area contributed by atoms with Crippen LogP contribution in [-0.4, -0.2) is 55.5 Å². The third-order valence-corrected chi connectivity index (χ3v) is 5.36. The molecule has 5 nitrogen and oxygen atoms in total. The summed E-state index contributed by atoms with van der Waals surface area (Å²) in [5.41, 5.74) is -0.729. The predicted molar refractivity (Wildman–Crippen MR) is 70.4 cm³/mol. The predicted octanol–water partition coefficient (Wildman–Crippen LogP) is 0.998. The number of likely N-dealkylation sites (tertiary alicyclic amines) is 1. The summed E-state index contributed by atoms with van der Waals surface area (Å²) in [7, 11) is -2.98. The van der Waals surface area contributed by atoms with Crippen molar-refractivity contribution in [2.24, 2.45) is 5.41 Å². The van der Waals surface area contributed by atoms with E-state index in [1.807, 2.05) is 11.8 Å². The van der Waals surface area contributed by atoms with Crippen molar-refractivity contribution in [3.63, 3.8) is 0 Å². The minimum absolute atomic E-state index is 0.135. The van der Waals surface area contributed by atoms with E-state index < -0.39 is 21.2 Å². The lowest BCUT2D eigenvalue weighted by Gasteiger charge is -2.37. The Labute approximate surface area is 109 Å². The number of piperidine rings is 1. The van der Waals surface area contributed by atoms with E-state index >= 15 is 0 Å². The fourth-order valence-electron chi connectivity index (χ4n) is 2.39. The summed E-state index contributed by atoms with van der Waals surface area (Å²) >= 11 is 0. The summed E-state index contributed by atoms with van der Waals surface area (Å²) in [5.74, 6) is -0.434. The molecule has 0 aromatic heterocycles. The molecule has 1 fully saturated rings. The van der Waals surface area contributed by atoms with Crippen LogP contribution in [-0.2, 0) is 14.6 Å². The molecule has 0 radical (unpaired) electrons. The lowest BCUT2D eigenvalue weighted by atomic mass is 9.82. The van der Waals surface area contributed by atoms with Crippen LogP contribution < -0.4 is 0 Å². The highest BCUT2D eigenvalue weighted by Crippen LogP contribution is 2.29. The summed E-state index contributed by atoms with van der Waals surface area (Å²) in [6.07, 6.45) is 2.12. The summed E-state index contributed by atoms with van der Waals surface area (Å²) in [5, 5.41) is 9.18. The van der Waals surface area contributed by atoms with Gasteiger partial charge in [0.15, 0.2) is 9.84 Å². The maximum Gasteiger partial charge on any atom is 0.310 e. The van der Waals surface area contributed by atoms with E-state index in [9.17, 15) is 18.3 Å². The second-order valence-corrected chi connectivity index (χ2v) is 7.70. The molecule has 1 heterocycles. The zero-order valence-corrected chi connectivity index (χ0v) is 12.0. The van der Waals surface area contributed by atoms with E-state index in [2.05, 4.69) is 0 Å². The molecular weight excluding hydrogens is 254 g/mol. The van der Waals surface area contributed by atoms with E-state index in [1.165, 1.54) is 0 Å². The van der Waals surface area contributed by atoms with Gasteiger partial charge in [-0.2, -0.15) is 0 Å². The lowest BCUT2D eigenvalue weighted by molar-refractivity contribution is -0.151. The molecule has 18 heavy (non-hydrogen) atoms. The van der Waals surface area contributed by atoms with Crippen molar-refractivity contribution in [3.05, 3.63) is 0 Å². The molecule has 0 aromatic rings. The maximum atomic E-state index is 11.6. The van der Waals surface area contributed by atoms with Gasteiger partial charge in [0.05, 0.1) is 11.2 Å². The Morgan fingerprint density at radius 1 is 1.39 bits per heavy atom. The van der Waals surface area contributed by atoms with E-state index in [0.29, 0.717) is 25.9 Å². The molecule has 0 saturated carbocycles. The number of hydrogen-bond acceptors (Lipinski definition) is 4. The zero-order valence-electron chi connectivity index (χ0n) is 11.2. The van der Waals surface area contributed by atoms with E-state index in [1.54, 1.807) is 6.92 Å². The van der Waals surface area contributed by atoms with Crippen molar-refractivity contribution in [2.75, 3.05) is 31.1 Å². The molecular formula is C12H23NO4S. The molecule has 0 spiro atoms. The first-order valence-corrected chi connectivity index (χ1v) is 8.27. The second-order valence-electron chi connectivity index (χ2n) is 5.40. The van der Waals surface area contributed by atoms with Crippen LogP contribution in [0.3, 0.4) is 0 Å². The smallest absolute Gasteiger partial charge is 0.310 e. The Bertz CT molecular complexity index is 393. The van der Waals surface area contributed by atoms with Crippen LogP contribution >= 0.6 is 0 Å². The van der Waals surface area contributed by atoms with Gasteiger partial charge in [-0.3, -0.25) is 4.79 Å². The van der Waals surface area contributed by atoms with Crippen LogP contribution in [0.2, 0.25) is 0 Å². The highest BCUT2D eigenvalue weighted by molar-refractivity contribution is 7.91. The van der Waals surface area contributed by atoms with Crippen molar-refractivity contribution in [1.29, 1.82) is 0 Å². The highest BCUT2D eigenvalue weighted by Gasteiger charge is 2.37. The number of aliphatic carboxylic acids is 1. The molecule has 1 atom stereocenters. The molecule has 0 aliphatic carbocycles. The Balaban J connectivity index is 2.51. The van der Waals surface area contributed by atoms with Crippen molar-refractivity contribution in [2.45, 2.75) is 33.1 Å². The summed E-state index contributed by atoms with van der Waals surface area (Å²) in [6.45, 7) is 5.28. The van der Waals surface area contributed by atoms with Gasteiger partial charge in [-0.1, -0.05) is 6.92 Å². The van der Waals surface area contributed by atoms with Crippen LogP contribution in [0.1, 0.15) is 33.1 Å². The van der Waals surface area contributed by atoms with Crippen LogP contribution in [0.4, 0.5) is 0 Å². The minimum Gasteiger partial charge on any atom is -0.481 e. The van der Waals surface area contributed by atoms with Crippen LogP contribution in [0, 0.1) is 5.41 Å². The highest BCUT2D eigenvalue weighted by atomic mass is 32.2. The number of hydrogen-bond donors (Lipinski definition) is 1. The third kappa shape index (κ3) is 4.24. The Hall–Kier alpha value is -0.620. The third-order valence-electron chi connectivity index (χ3n) is 3.53. The van der Waals surface area contributed by atoms with Crippen molar-refractivity contribution in [1.82, 2.24) is 4.90 Å². The Kier molecular flexibility index (Phi) is 5.16. The largest absolute Gasteiger partial charge is 0.481 e. The van der Waals surface area contributed by atoms with Gasteiger partial charge in [0, 0.05) is 18.8 Å². The minimum atomic E-state index is -2.98. The number of carboxylic acid groups (broad SMARTS) is 1. The molecule has 1 rings (SSSR count). The molecule has 106 valence electrons. The second kappa shape index (κ2) is 6.02. The van der Waals surface area contributed by atoms with E-state index in [0.717, 1.165) is 13.0 Å². The van der Waals surface area contributed by atoms with Gasteiger partial charge in [-0.15, -0.1) is 0 Å². The van der Waals surface area contributed by atoms with E-state index in [4.69, 9.17) is 0 Å². The Morgan fingerprint density at radius 2 is 2.06 bits per heavy atom. The van der Waals surface area contributed by atoms with Gasteiger partial charge in [0.25, 0.3) is 0 Å². The summed E-state index contributed by atoms with van der Waals surface area (Å²) in [4.78, 5) is 13.1. The molecule has 6 heteroatoms. The fraction of sp³-hybridized carbons (Fsp3) is 0.917. The Morgan fingerprint density at radius 3 is 2.61 bits per heavy atom. The van der Waals surface area contributed by atoms with Crippen molar-refractivity contribution in [3.8, 4) is 0 Å². The maximum absolute atomic E-state index is 11.6. The average molecular weight is 277 g/mol. The van der Waals surface area contributed by atoms with Crippen LogP contribution in [0.5, 0.6) is 0 Å². The average Bonchev–Trinajstić information content (AvgIpc) is 2.26. The van der Waals surface area contributed by atoms with Gasteiger partial charge in [0.1, 0.15) is 0 Å². The zero-order chi connectivity index (χ0) is 13.8. The first-order chi connectivity index (χ1) is 8.29. The number of carboxylic acids is 1. The molecule has 1 saturated heterocycles. The van der Waals surface area contributed by atoms with Gasteiger partial charge in [-0.25, -0.2) is 8.42 Å². The molecule has 1 N–H and O–H groups in total. The summed E-state index contributed by atoms with van der Waals surface area (Å²) < 4.78 is 23.3. The molecule has 1 aliphatic heterocycles. The van der Waals surface area contributed by atoms with Gasteiger partial charge >= 0.3 is 5.97 Å². The van der Waals surface area contributed by atoms with Crippen LogP contribution in [0.25, 0.3) is 0 Å².